The Labute approximate surface area is 87.9 Å². The highest BCUT2D eigenvalue weighted by atomic mass is 79.9. The fraction of sp³-hybridized carbons (Fsp3) is 0.455. The molecule has 1 aromatic carbocycles. The van der Waals surface area contributed by atoms with Crippen molar-refractivity contribution in [1.29, 1.82) is 0 Å². The van der Waals surface area contributed by atoms with E-state index in [4.69, 9.17) is 0 Å². The number of halogens is 1. The maximum atomic E-state index is 9.40. The van der Waals surface area contributed by atoms with Gasteiger partial charge in [0.05, 0.1) is 6.10 Å². The normalized spacial score (nSPS) is 12.9. The molecule has 0 bridgehead atoms. The lowest BCUT2D eigenvalue weighted by atomic mass is 10.1. The third-order valence-corrected chi connectivity index (χ3v) is 2.74. The van der Waals surface area contributed by atoms with Gasteiger partial charge in [0.15, 0.2) is 0 Å². The molecular weight excluding hydrogens is 228 g/mol. The predicted molar refractivity (Wildman–Crippen MR) is 58.8 cm³/mol. The van der Waals surface area contributed by atoms with Crippen LogP contribution in [0.4, 0.5) is 0 Å². The van der Waals surface area contributed by atoms with Gasteiger partial charge in [-0.1, -0.05) is 41.4 Å². The van der Waals surface area contributed by atoms with Crippen LogP contribution in [-0.4, -0.2) is 5.11 Å². The van der Waals surface area contributed by atoms with Crippen molar-refractivity contribution >= 4 is 15.9 Å². The predicted octanol–water partition coefficient (Wildman–Crippen LogP) is 3.45. The van der Waals surface area contributed by atoms with Crippen molar-refractivity contribution in [3.05, 3.63) is 33.8 Å². The first-order valence-corrected chi connectivity index (χ1v) is 5.40. The largest absolute Gasteiger partial charge is 0.389 e. The molecule has 1 nitrogen and oxygen atoms in total. The zero-order chi connectivity index (χ0) is 9.84. The van der Waals surface area contributed by atoms with E-state index in [-0.39, 0.29) is 0 Å². The summed E-state index contributed by atoms with van der Waals surface area (Å²) in [6.07, 6.45) is 1.85. The standard InChI is InChI=1S/C11H15BrO/c1-3-4-9-5-6-10(8(2)13)11(12)7-9/h5-8,13H,3-4H2,1-2H3. The molecule has 1 rings (SSSR count). The fourth-order valence-corrected chi connectivity index (χ4v) is 2.11. The van der Waals surface area contributed by atoms with Crippen LogP contribution < -0.4 is 0 Å². The second-order valence-corrected chi connectivity index (χ2v) is 4.14. The molecule has 0 amide bonds. The smallest absolute Gasteiger partial charge is 0.0772 e. The average molecular weight is 243 g/mol. The van der Waals surface area contributed by atoms with Crippen LogP contribution in [0.1, 0.15) is 37.5 Å². The first-order chi connectivity index (χ1) is 6.15. The van der Waals surface area contributed by atoms with Gasteiger partial charge >= 0.3 is 0 Å². The summed E-state index contributed by atoms with van der Waals surface area (Å²) in [5, 5.41) is 9.40. The highest BCUT2D eigenvalue weighted by Gasteiger charge is 2.05. The Morgan fingerprint density at radius 3 is 2.62 bits per heavy atom. The fourth-order valence-electron chi connectivity index (χ4n) is 1.35. The molecule has 1 aromatic rings. The lowest BCUT2D eigenvalue weighted by Gasteiger charge is -2.08. The van der Waals surface area contributed by atoms with Crippen molar-refractivity contribution in [1.82, 2.24) is 0 Å². The van der Waals surface area contributed by atoms with Crippen LogP contribution in [0.2, 0.25) is 0 Å². The molecule has 0 aliphatic carbocycles. The summed E-state index contributed by atoms with van der Waals surface area (Å²) >= 11 is 3.46. The molecule has 0 spiro atoms. The zero-order valence-electron chi connectivity index (χ0n) is 8.05. The van der Waals surface area contributed by atoms with Crippen molar-refractivity contribution in [3.63, 3.8) is 0 Å². The molecule has 0 aliphatic heterocycles. The molecule has 1 atom stereocenters. The Bertz CT molecular complexity index is 281. The van der Waals surface area contributed by atoms with Gasteiger partial charge in [-0.2, -0.15) is 0 Å². The summed E-state index contributed by atoms with van der Waals surface area (Å²) < 4.78 is 1.01. The molecule has 0 saturated heterocycles. The minimum atomic E-state index is -0.398. The number of benzene rings is 1. The van der Waals surface area contributed by atoms with E-state index >= 15 is 0 Å². The summed E-state index contributed by atoms with van der Waals surface area (Å²) in [5.74, 6) is 0. The SMILES string of the molecule is CCCc1ccc(C(C)O)c(Br)c1. The van der Waals surface area contributed by atoms with E-state index in [9.17, 15) is 5.11 Å². The zero-order valence-corrected chi connectivity index (χ0v) is 9.63. The Kier molecular flexibility index (Phi) is 3.94. The average Bonchev–Trinajstić information content (AvgIpc) is 2.04. The van der Waals surface area contributed by atoms with E-state index in [1.807, 2.05) is 6.07 Å². The molecule has 0 aromatic heterocycles. The van der Waals surface area contributed by atoms with E-state index in [1.54, 1.807) is 6.92 Å². The van der Waals surface area contributed by atoms with Gasteiger partial charge in [0.2, 0.25) is 0 Å². The van der Waals surface area contributed by atoms with E-state index in [0.717, 1.165) is 22.9 Å². The molecule has 0 aliphatic rings. The summed E-state index contributed by atoms with van der Waals surface area (Å²) in [6.45, 7) is 3.94. The first-order valence-electron chi connectivity index (χ1n) is 4.61. The van der Waals surface area contributed by atoms with E-state index in [2.05, 4.69) is 35.0 Å². The summed E-state index contributed by atoms with van der Waals surface area (Å²) in [5.41, 5.74) is 2.28. The molecule has 1 unspecified atom stereocenters. The lowest BCUT2D eigenvalue weighted by molar-refractivity contribution is 0.198. The van der Waals surface area contributed by atoms with Crippen molar-refractivity contribution in [2.45, 2.75) is 32.8 Å². The number of hydrogen-bond donors (Lipinski definition) is 1. The maximum absolute atomic E-state index is 9.40. The van der Waals surface area contributed by atoms with Crippen molar-refractivity contribution in [2.75, 3.05) is 0 Å². The molecule has 13 heavy (non-hydrogen) atoms. The minimum Gasteiger partial charge on any atom is -0.389 e. The van der Waals surface area contributed by atoms with Crippen molar-refractivity contribution < 1.29 is 5.11 Å². The number of aliphatic hydroxyl groups is 1. The van der Waals surface area contributed by atoms with Gasteiger partial charge in [-0.25, -0.2) is 0 Å². The van der Waals surface area contributed by atoms with Crippen LogP contribution >= 0.6 is 15.9 Å². The number of hydrogen-bond acceptors (Lipinski definition) is 1. The van der Waals surface area contributed by atoms with Crippen LogP contribution in [0.15, 0.2) is 22.7 Å². The monoisotopic (exact) mass is 242 g/mol. The summed E-state index contributed by atoms with van der Waals surface area (Å²) in [6, 6.07) is 6.15. The van der Waals surface area contributed by atoms with Crippen LogP contribution in [0.3, 0.4) is 0 Å². The first kappa shape index (κ1) is 10.7. The Morgan fingerprint density at radius 1 is 1.46 bits per heavy atom. The van der Waals surface area contributed by atoms with Gasteiger partial charge in [-0.3, -0.25) is 0 Å². The number of aryl methyl sites for hydroxylation is 1. The van der Waals surface area contributed by atoms with Crippen LogP contribution in [0.5, 0.6) is 0 Å². The third-order valence-electron chi connectivity index (χ3n) is 2.05. The highest BCUT2D eigenvalue weighted by Crippen LogP contribution is 2.24. The molecule has 0 saturated carbocycles. The Morgan fingerprint density at radius 2 is 2.15 bits per heavy atom. The summed E-state index contributed by atoms with van der Waals surface area (Å²) in [4.78, 5) is 0. The highest BCUT2D eigenvalue weighted by molar-refractivity contribution is 9.10. The summed E-state index contributed by atoms with van der Waals surface area (Å²) in [7, 11) is 0. The molecule has 0 heterocycles. The Balaban J connectivity index is 2.92. The Hall–Kier alpha value is -0.340. The van der Waals surface area contributed by atoms with Gasteiger partial charge in [0, 0.05) is 4.47 Å². The molecule has 0 fully saturated rings. The maximum Gasteiger partial charge on any atom is 0.0772 e. The van der Waals surface area contributed by atoms with E-state index < -0.39 is 6.10 Å². The third kappa shape index (κ3) is 2.82. The van der Waals surface area contributed by atoms with Gasteiger partial charge in [0.1, 0.15) is 0 Å². The minimum absolute atomic E-state index is 0.398. The van der Waals surface area contributed by atoms with Gasteiger partial charge in [-0.05, 0) is 30.5 Å². The molecular formula is C11H15BrO. The topological polar surface area (TPSA) is 20.2 Å². The van der Waals surface area contributed by atoms with Gasteiger partial charge in [0.25, 0.3) is 0 Å². The van der Waals surface area contributed by atoms with E-state index in [0.29, 0.717) is 0 Å². The van der Waals surface area contributed by atoms with Crippen LogP contribution in [0, 0.1) is 0 Å². The van der Waals surface area contributed by atoms with Crippen molar-refractivity contribution in [3.8, 4) is 0 Å². The second kappa shape index (κ2) is 4.77. The molecule has 2 heteroatoms. The van der Waals surface area contributed by atoms with Crippen molar-refractivity contribution in [2.24, 2.45) is 0 Å². The van der Waals surface area contributed by atoms with Gasteiger partial charge in [-0.15, -0.1) is 0 Å². The quantitative estimate of drug-likeness (QED) is 0.861. The lowest BCUT2D eigenvalue weighted by Crippen LogP contribution is -1.93. The van der Waals surface area contributed by atoms with E-state index in [1.165, 1.54) is 5.56 Å². The van der Waals surface area contributed by atoms with Crippen LogP contribution in [0.25, 0.3) is 0 Å². The van der Waals surface area contributed by atoms with Gasteiger partial charge < -0.3 is 5.11 Å². The molecule has 1 N–H and O–H groups in total. The number of rotatable bonds is 3. The molecule has 0 radical (unpaired) electrons. The second-order valence-electron chi connectivity index (χ2n) is 3.28. The number of aliphatic hydroxyl groups excluding tert-OH is 1. The molecule has 72 valence electrons. The van der Waals surface area contributed by atoms with Crippen LogP contribution in [-0.2, 0) is 6.42 Å².